The number of benzene rings is 1. The van der Waals surface area contributed by atoms with E-state index in [1.165, 1.54) is 12.1 Å². The summed E-state index contributed by atoms with van der Waals surface area (Å²) in [5, 5.41) is 24.6. The fourth-order valence-corrected chi connectivity index (χ4v) is 1.76. The van der Waals surface area contributed by atoms with Crippen LogP contribution in [0.5, 0.6) is 11.5 Å². The lowest BCUT2D eigenvalue weighted by Crippen LogP contribution is -2.27. The summed E-state index contributed by atoms with van der Waals surface area (Å²) in [6.07, 6.45) is 0. The average molecular weight is 354 g/mol. The number of aromatic hydroxyl groups is 2. The molecule has 25 heavy (non-hydrogen) atoms. The zero-order valence-electron chi connectivity index (χ0n) is 13.8. The number of carbonyl (C=O) groups excluding carboxylic acids is 1. The molecule has 3 N–H and O–H groups in total. The number of hydrogen-bond donors (Lipinski definition) is 3. The Bertz CT molecular complexity index is 557. The second-order valence-corrected chi connectivity index (χ2v) is 4.79. The van der Waals surface area contributed by atoms with Crippen LogP contribution in [0.1, 0.15) is 10.4 Å². The third kappa shape index (κ3) is 10.0. The van der Waals surface area contributed by atoms with Gasteiger partial charge in [0, 0.05) is 29.6 Å². The molecular formula is C15H22N4O6. The Balaban J connectivity index is 1.96. The Labute approximate surface area is 144 Å². The van der Waals surface area contributed by atoms with Crippen molar-refractivity contribution in [3.8, 4) is 11.5 Å². The summed E-state index contributed by atoms with van der Waals surface area (Å²) in [4.78, 5) is 14.4. The summed E-state index contributed by atoms with van der Waals surface area (Å²) in [6.45, 7) is 2.86. The molecule has 0 bridgehead atoms. The number of nitrogens with zero attached hydrogens (tertiary/aromatic N) is 3. The molecule has 1 amide bonds. The molecule has 10 nitrogen and oxygen atoms in total. The molecule has 0 heterocycles. The SMILES string of the molecule is [N-]=[N+]=NCCOCCOCCOCCNC(=O)c1cc(O)cc(O)c1. The number of phenolic OH excluding ortho intramolecular Hbond substituents is 2. The number of phenols is 2. The normalized spacial score (nSPS) is 10.2. The highest BCUT2D eigenvalue weighted by Gasteiger charge is 2.07. The van der Waals surface area contributed by atoms with E-state index in [4.69, 9.17) is 19.7 Å². The van der Waals surface area contributed by atoms with Crippen LogP contribution in [0.3, 0.4) is 0 Å². The number of carbonyl (C=O) groups is 1. The molecule has 0 unspecified atom stereocenters. The van der Waals surface area contributed by atoms with E-state index in [2.05, 4.69) is 15.3 Å². The predicted octanol–water partition coefficient (Wildman–Crippen LogP) is 1.19. The van der Waals surface area contributed by atoms with Crippen molar-refractivity contribution in [2.24, 2.45) is 5.11 Å². The maximum atomic E-state index is 11.8. The number of rotatable bonds is 13. The van der Waals surface area contributed by atoms with Crippen molar-refractivity contribution in [2.75, 3.05) is 52.7 Å². The maximum Gasteiger partial charge on any atom is 0.251 e. The molecule has 0 atom stereocenters. The minimum Gasteiger partial charge on any atom is -0.508 e. The molecule has 0 saturated heterocycles. The summed E-state index contributed by atoms with van der Waals surface area (Å²) in [7, 11) is 0. The minimum absolute atomic E-state index is 0.168. The molecule has 0 fully saturated rings. The zero-order valence-corrected chi connectivity index (χ0v) is 13.8. The van der Waals surface area contributed by atoms with E-state index >= 15 is 0 Å². The van der Waals surface area contributed by atoms with Crippen LogP contribution in [0.25, 0.3) is 10.4 Å². The summed E-state index contributed by atoms with van der Waals surface area (Å²) in [5.74, 6) is -0.774. The molecule has 0 radical (unpaired) electrons. The number of amides is 1. The van der Waals surface area contributed by atoms with E-state index < -0.39 is 5.91 Å². The van der Waals surface area contributed by atoms with Crippen LogP contribution in [0, 0.1) is 0 Å². The molecule has 0 aliphatic carbocycles. The smallest absolute Gasteiger partial charge is 0.251 e. The first-order chi connectivity index (χ1) is 12.1. The molecule has 0 aliphatic rings. The molecule has 0 saturated carbocycles. The molecule has 0 spiro atoms. The van der Waals surface area contributed by atoms with Crippen LogP contribution in [0.2, 0.25) is 0 Å². The highest BCUT2D eigenvalue weighted by Crippen LogP contribution is 2.20. The molecule has 1 aromatic rings. The highest BCUT2D eigenvalue weighted by atomic mass is 16.5. The topological polar surface area (TPSA) is 146 Å². The monoisotopic (exact) mass is 354 g/mol. The average Bonchev–Trinajstić information content (AvgIpc) is 2.58. The largest absolute Gasteiger partial charge is 0.508 e. The first kappa shape index (κ1) is 20.5. The third-order valence-electron chi connectivity index (χ3n) is 2.84. The lowest BCUT2D eigenvalue weighted by molar-refractivity contribution is 0.0166. The van der Waals surface area contributed by atoms with E-state index in [9.17, 15) is 15.0 Å². The fourth-order valence-electron chi connectivity index (χ4n) is 1.76. The van der Waals surface area contributed by atoms with Crippen molar-refractivity contribution in [3.05, 3.63) is 34.2 Å². The van der Waals surface area contributed by atoms with Gasteiger partial charge < -0.3 is 29.7 Å². The second kappa shape index (κ2) is 12.8. The summed E-state index contributed by atoms with van der Waals surface area (Å²) < 4.78 is 15.7. The van der Waals surface area contributed by atoms with Gasteiger partial charge >= 0.3 is 0 Å². The van der Waals surface area contributed by atoms with Gasteiger partial charge in [-0.2, -0.15) is 0 Å². The Morgan fingerprint density at radius 1 is 1.00 bits per heavy atom. The van der Waals surface area contributed by atoms with Gasteiger partial charge in [-0.1, -0.05) is 5.11 Å². The van der Waals surface area contributed by atoms with Crippen molar-refractivity contribution < 1.29 is 29.2 Å². The van der Waals surface area contributed by atoms with Crippen LogP contribution < -0.4 is 5.32 Å². The second-order valence-electron chi connectivity index (χ2n) is 4.79. The van der Waals surface area contributed by atoms with Crippen LogP contribution in [-0.4, -0.2) is 68.9 Å². The highest BCUT2D eigenvalue weighted by molar-refractivity contribution is 5.95. The van der Waals surface area contributed by atoms with Gasteiger partial charge in [-0.3, -0.25) is 4.79 Å². The van der Waals surface area contributed by atoms with Gasteiger partial charge in [0.1, 0.15) is 11.5 Å². The molecule has 138 valence electrons. The summed E-state index contributed by atoms with van der Waals surface area (Å²) >= 11 is 0. The number of ether oxygens (including phenoxy) is 3. The zero-order chi connectivity index (χ0) is 18.3. The van der Waals surface area contributed by atoms with E-state index in [1.54, 1.807) is 0 Å². The predicted molar refractivity (Wildman–Crippen MR) is 88.6 cm³/mol. The van der Waals surface area contributed by atoms with Crippen LogP contribution in [0.15, 0.2) is 23.3 Å². The van der Waals surface area contributed by atoms with Gasteiger partial charge in [-0.25, -0.2) is 0 Å². The van der Waals surface area contributed by atoms with Gasteiger partial charge in [0.05, 0.1) is 39.6 Å². The fraction of sp³-hybridized carbons (Fsp3) is 0.533. The minimum atomic E-state index is -0.413. The van der Waals surface area contributed by atoms with E-state index in [0.29, 0.717) is 46.2 Å². The van der Waals surface area contributed by atoms with Crippen molar-refractivity contribution in [1.29, 1.82) is 0 Å². The van der Waals surface area contributed by atoms with E-state index in [1.807, 2.05) is 0 Å². The molecule has 10 heteroatoms. The lowest BCUT2D eigenvalue weighted by atomic mass is 10.2. The summed E-state index contributed by atoms with van der Waals surface area (Å²) in [6, 6.07) is 3.67. The van der Waals surface area contributed by atoms with Crippen molar-refractivity contribution in [1.82, 2.24) is 5.32 Å². The first-order valence-electron chi connectivity index (χ1n) is 7.69. The maximum absolute atomic E-state index is 11.8. The van der Waals surface area contributed by atoms with Crippen LogP contribution in [-0.2, 0) is 14.2 Å². The summed E-state index contributed by atoms with van der Waals surface area (Å²) in [5.41, 5.74) is 8.23. The third-order valence-corrected chi connectivity index (χ3v) is 2.84. The number of azide groups is 1. The van der Waals surface area contributed by atoms with Crippen LogP contribution >= 0.6 is 0 Å². The van der Waals surface area contributed by atoms with Gasteiger partial charge in [0.2, 0.25) is 0 Å². The molecular weight excluding hydrogens is 332 g/mol. The molecule has 0 aromatic heterocycles. The Kier molecular flexibility index (Phi) is 10.5. The van der Waals surface area contributed by atoms with Crippen LogP contribution in [0.4, 0.5) is 0 Å². The molecule has 1 rings (SSSR count). The van der Waals surface area contributed by atoms with Gasteiger partial charge in [0.15, 0.2) is 0 Å². The van der Waals surface area contributed by atoms with Crippen molar-refractivity contribution >= 4 is 5.91 Å². The number of nitrogens with one attached hydrogen (secondary N) is 1. The van der Waals surface area contributed by atoms with E-state index in [0.717, 1.165) is 6.07 Å². The molecule has 0 aliphatic heterocycles. The van der Waals surface area contributed by atoms with Gasteiger partial charge in [-0.15, -0.1) is 0 Å². The Hall–Kier alpha value is -2.52. The van der Waals surface area contributed by atoms with Gasteiger partial charge in [-0.05, 0) is 17.7 Å². The Morgan fingerprint density at radius 2 is 1.56 bits per heavy atom. The van der Waals surface area contributed by atoms with Crippen molar-refractivity contribution in [2.45, 2.75) is 0 Å². The number of hydrogen-bond acceptors (Lipinski definition) is 7. The van der Waals surface area contributed by atoms with E-state index in [-0.39, 0.29) is 23.6 Å². The Morgan fingerprint density at radius 3 is 2.16 bits per heavy atom. The lowest BCUT2D eigenvalue weighted by Gasteiger charge is -2.08. The van der Waals surface area contributed by atoms with Crippen molar-refractivity contribution in [3.63, 3.8) is 0 Å². The van der Waals surface area contributed by atoms with Gasteiger partial charge in [0.25, 0.3) is 5.91 Å². The quantitative estimate of drug-likeness (QED) is 0.210. The standard InChI is InChI=1S/C15H22N4O6/c16-19-18-2-4-24-6-8-25-7-5-23-3-1-17-15(22)12-9-13(20)11-14(21)10-12/h9-11,20-21H,1-8H2,(H,17,22). The molecule has 1 aromatic carbocycles. The first-order valence-corrected chi connectivity index (χ1v) is 7.69.